The lowest BCUT2D eigenvalue weighted by Crippen LogP contribution is -2.16. The number of nitrogens with zero attached hydrogens (tertiary/aromatic N) is 1. The van der Waals surface area contributed by atoms with Crippen LogP contribution in [0.1, 0.15) is 12.6 Å². The highest BCUT2D eigenvalue weighted by atomic mass is 35.5. The lowest BCUT2D eigenvalue weighted by molar-refractivity contribution is 0.215. The van der Waals surface area contributed by atoms with Gasteiger partial charge < -0.3 is 4.74 Å². The summed E-state index contributed by atoms with van der Waals surface area (Å²) >= 11 is 7.17. The standard InChI is InChI=1S/C12H11ClN2O2S/c1-2-9-10(13)18-11(14-9)15-12(16)17-8-6-4-3-5-7-8/h3-7H,2H2,1H3,(H,14,15,16). The van der Waals surface area contributed by atoms with Crippen molar-refractivity contribution in [2.24, 2.45) is 0 Å². The number of carbonyl (C=O) groups is 1. The minimum Gasteiger partial charge on any atom is -0.410 e. The van der Waals surface area contributed by atoms with Crippen molar-refractivity contribution in [3.8, 4) is 5.75 Å². The summed E-state index contributed by atoms with van der Waals surface area (Å²) < 4.78 is 5.66. The topological polar surface area (TPSA) is 51.2 Å². The van der Waals surface area contributed by atoms with E-state index in [1.54, 1.807) is 24.3 Å². The van der Waals surface area contributed by atoms with Gasteiger partial charge in [-0.3, -0.25) is 5.32 Å². The predicted molar refractivity (Wildman–Crippen MR) is 72.6 cm³/mol. The molecule has 0 bridgehead atoms. The first-order valence-corrected chi connectivity index (χ1v) is 6.57. The van der Waals surface area contributed by atoms with Crippen LogP contribution in [0, 0.1) is 0 Å². The molecule has 1 heterocycles. The van der Waals surface area contributed by atoms with Crippen LogP contribution in [0.3, 0.4) is 0 Å². The number of halogens is 1. The van der Waals surface area contributed by atoms with Crippen LogP contribution < -0.4 is 10.1 Å². The summed E-state index contributed by atoms with van der Waals surface area (Å²) in [7, 11) is 0. The molecule has 0 aliphatic heterocycles. The lowest BCUT2D eigenvalue weighted by Gasteiger charge is -2.03. The van der Waals surface area contributed by atoms with E-state index >= 15 is 0 Å². The molecule has 0 fully saturated rings. The maximum absolute atomic E-state index is 11.6. The zero-order valence-electron chi connectivity index (χ0n) is 9.64. The van der Waals surface area contributed by atoms with Gasteiger partial charge >= 0.3 is 6.09 Å². The lowest BCUT2D eigenvalue weighted by atomic mass is 10.3. The molecule has 0 spiro atoms. The van der Waals surface area contributed by atoms with Crippen molar-refractivity contribution >= 4 is 34.2 Å². The molecule has 0 saturated heterocycles. The number of hydrogen-bond donors (Lipinski definition) is 1. The Morgan fingerprint density at radius 2 is 2.17 bits per heavy atom. The molecule has 0 atom stereocenters. The fourth-order valence-corrected chi connectivity index (χ4v) is 2.48. The van der Waals surface area contributed by atoms with Gasteiger partial charge in [0, 0.05) is 0 Å². The smallest absolute Gasteiger partial charge is 0.410 e. The summed E-state index contributed by atoms with van der Waals surface area (Å²) in [5, 5.41) is 2.99. The summed E-state index contributed by atoms with van der Waals surface area (Å²) in [6.45, 7) is 1.95. The number of nitrogens with one attached hydrogen (secondary N) is 1. The Bertz CT molecular complexity index is 542. The third-order valence-electron chi connectivity index (χ3n) is 2.15. The Morgan fingerprint density at radius 3 is 2.78 bits per heavy atom. The van der Waals surface area contributed by atoms with E-state index in [-0.39, 0.29) is 0 Å². The highest BCUT2D eigenvalue weighted by molar-refractivity contribution is 7.19. The molecule has 0 aliphatic carbocycles. The summed E-state index contributed by atoms with van der Waals surface area (Å²) in [5.41, 5.74) is 0.775. The quantitative estimate of drug-likeness (QED) is 0.927. The Kier molecular flexibility index (Phi) is 4.17. The van der Waals surface area contributed by atoms with Crippen molar-refractivity contribution in [2.75, 3.05) is 5.32 Å². The average Bonchev–Trinajstić information content (AvgIpc) is 2.70. The molecule has 0 unspecified atom stereocenters. The average molecular weight is 283 g/mol. The summed E-state index contributed by atoms with van der Waals surface area (Å²) in [6, 6.07) is 8.83. The second-order valence-corrected chi connectivity index (χ2v) is 5.02. The number of carbonyl (C=O) groups excluding carboxylic acids is 1. The number of amides is 1. The Hall–Kier alpha value is -1.59. The molecule has 18 heavy (non-hydrogen) atoms. The van der Waals surface area contributed by atoms with Crippen molar-refractivity contribution in [3.63, 3.8) is 0 Å². The first kappa shape index (κ1) is 12.9. The molecule has 0 radical (unpaired) electrons. The van der Waals surface area contributed by atoms with E-state index in [4.69, 9.17) is 16.3 Å². The second kappa shape index (κ2) is 5.84. The number of aryl methyl sites for hydroxylation is 1. The number of thiazole rings is 1. The highest BCUT2D eigenvalue weighted by Crippen LogP contribution is 2.28. The zero-order chi connectivity index (χ0) is 13.0. The van der Waals surface area contributed by atoms with Crippen LogP contribution >= 0.6 is 22.9 Å². The number of aromatic nitrogens is 1. The van der Waals surface area contributed by atoms with Crippen LogP contribution in [0.25, 0.3) is 0 Å². The molecule has 0 aliphatic rings. The van der Waals surface area contributed by atoms with E-state index < -0.39 is 6.09 Å². The molecular formula is C12H11ClN2O2S. The van der Waals surface area contributed by atoms with Crippen molar-refractivity contribution in [1.29, 1.82) is 0 Å². The molecule has 0 saturated carbocycles. The molecule has 1 aromatic heterocycles. The van der Waals surface area contributed by atoms with Gasteiger partial charge in [0.2, 0.25) is 0 Å². The van der Waals surface area contributed by atoms with Gasteiger partial charge in [0.1, 0.15) is 10.1 Å². The van der Waals surface area contributed by atoms with Gasteiger partial charge in [-0.05, 0) is 18.6 Å². The molecule has 94 valence electrons. The number of benzene rings is 1. The van der Waals surface area contributed by atoms with Crippen molar-refractivity contribution in [1.82, 2.24) is 4.98 Å². The molecule has 1 aromatic carbocycles. The minimum atomic E-state index is -0.575. The highest BCUT2D eigenvalue weighted by Gasteiger charge is 2.11. The van der Waals surface area contributed by atoms with Gasteiger partial charge in [0.25, 0.3) is 0 Å². The number of anilines is 1. The molecule has 2 aromatic rings. The Balaban J connectivity index is 1.99. The van der Waals surface area contributed by atoms with Gasteiger partial charge in [-0.2, -0.15) is 0 Å². The summed E-state index contributed by atoms with van der Waals surface area (Å²) in [5.74, 6) is 0.480. The van der Waals surface area contributed by atoms with E-state index in [0.29, 0.717) is 15.2 Å². The molecule has 6 heteroatoms. The van der Waals surface area contributed by atoms with E-state index in [9.17, 15) is 4.79 Å². The number of hydrogen-bond acceptors (Lipinski definition) is 4. The van der Waals surface area contributed by atoms with Crippen LogP contribution in [0.5, 0.6) is 5.75 Å². The number of rotatable bonds is 3. The van der Waals surface area contributed by atoms with E-state index in [1.165, 1.54) is 11.3 Å². The minimum absolute atomic E-state index is 0.442. The predicted octanol–water partition coefficient (Wildman–Crippen LogP) is 3.97. The Morgan fingerprint density at radius 1 is 1.44 bits per heavy atom. The van der Waals surface area contributed by atoms with E-state index in [2.05, 4.69) is 10.3 Å². The van der Waals surface area contributed by atoms with Gasteiger partial charge in [-0.15, -0.1) is 0 Å². The second-order valence-electron chi connectivity index (χ2n) is 3.42. The fraction of sp³-hybridized carbons (Fsp3) is 0.167. The molecule has 4 nitrogen and oxygen atoms in total. The normalized spacial score (nSPS) is 10.1. The van der Waals surface area contributed by atoms with Crippen molar-refractivity contribution < 1.29 is 9.53 Å². The number of ether oxygens (including phenoxy) is 1. The first-order chi connectivity index (χ1) is 8.69. The molecule has 2 rings (SSSR count). The van der Waals surface area contributed by atoms with Gasteiger partial charge in [-0.25, -0.2) is 9.78 Å². The SMILES string of the molecule is CCc1nc(NC(=O)Oc2ccccc2)sc1Cl. The van der Waals surface area contributed by atoms with Gasteiger partial charge in [0.15, 0.2) is 5.13 Å². The summed E-state index contributed by atoms with van der Waals surface area (Å²) in [6.07, 6.45) is 0.152. The first-order valence-electron chi connectivity index (χ1n) is 5.38. The van der Waals surface area contributed by atoms with Crippen LogP contribution in [-0.4, -0.2) is 11.1 Å². The van der Waals surface area contributed by atoms with E-state index in [0.717, 1.165) is 12.1 Å². The maximum atomic E-state index is 11.6. The van der Waals surface area contributed by atoms with E-state index in [1.807, 2.05) is 13.0 Å². The third kappa shape index (κ3) is 3.21. The zero-order valence-corrected chi connectivity index (χ0v) is 11.2. The van der Waals surface area contributed by atoms with Gasteiger partial charge in [0.05, 0.1) is 5.69 Å². The summed E-state index contributed by atoms with van der Waals surface area (Å²) in [4.78, 5) is 15.8. The van der Waals surface area contributed by atoms with Crippen molar-refractivity contribution in [3.05, 3.63) is 40.4 Å². The molecule has 1 N–H and O–H groups in total. The fourth-order valence-electron chi connectivity index (χ4n) is 1.31. The van der Waals surface area contributed by atoms with Crippen LogP contribution in [0.15, 0.2) is 30.3 Å². The Labute approximate surface area is 114 Å². The largest absolute Gasteiger partial charge is 0.418 e. The van der Waals surface area contributed by atoms with Crippen molar-refractivity contribution in [2.45, 2.75) is 13.3 Å². The number of para-hydroxylation sites is 1. The molecular weight excluding hydrogens is 272 g/mol. The van der Waals surface area contributed by atoms with Crippen LogP contribution in [-0.2, 0) is 6.42 Å². The molecule has 1 amide bonds. The van der Waals surface area contributed by atoms with Crippen LogP contribution in [0.2, 0.25) is 4.34 Å². The monoisotopic (exact) mass is 282 g/mol. The van der Waals surface area contributed by atoms with Crippen LogP contribution in [0.4, 0.5) is 9.93 Å². The third-order valence-corrected chi connectivity index (χ3v) is 3.40. The maximum Gasteiger partial charge on any atom is 0.418 e. The van der Waals surface area contributed by atoms with Gasteiger partial charge in [-0.1, -0.05) is 48.1 Å².